The van der Waals surface area contributed by atoms with Crippen LogP contribution in [-0.4, -0.2) is 58.0 Å². The minimum absolute atomic E-state index is 0.141. The third-order valence-corrected chi connectivity index (χ3v) is 5.53. The maximum atomic E-state index is 13.6. The van der Waals surface area contributed by atoms with Gasteiger partial charge in [-0.05, 0) is 79.7 Å². The Balaban J connectivity index is 2.39. The number of nitrogens with zero attached hydrogens (tertiary/aromatic N) is 1. The second-order valence-electron chi connectivity index (χ2n) is 12.3. The molecule has 1 aromatic rings. The van der Waals surface area contributed by atoms with Crippen LogP contribution in [0.5, 0.6) is 0 Å². The van der Waals surface area contributed by atoms with Crippen LogP contribution in [0.25, 0.3) is 0 Å². The first-order valence-electron chi connectivity index (χ1n) is 12.7. The van der Waals surface area contributed by atoms with Crippen molar-refractivity contribution in [3.8, 4) is 0 Å². The molecule has 202 valence electrons. The Morgan fingerprint density at radius 3 is 2.06 bits per heavy atom. The van der Waals surface area contributed by atoms with E-state index in [0.29, 0.717) is 12.8 Å². The van der Waals surface area contributed by atoms with Gasteiger partial charge in [-0.25, -0.2) is 9.59 Å². The van der Waals surface area contributed by atoms with Gasteiger partial charge in [0.1, 0.15) is 23.0 Å². The van der Waals surface area contributed by atoms with E-state index in [9.17, 15) is 14.4 Å². The molecule has 1 aliphatic heterocycles. The summed E-state index contributed by atoms with van der Waals surface area (Å²) < 4.78 is 17.4. The summed E-state index contributed by atoms with van der Waals surface area (Å²) >= 11 is 0. The van der Waals surface area contributed by atoms with Crippen molar-refractivity contribution in [2.24, 2.45) is 5.92 Å². The molecule has 0 unspecified atom stereocenters. The molecule has 2 amide bonds. The number of rotatable bonds is 7. The van der Waals surface area contributed by atoms with Crippen molar-refractivity contribution < 1.29 is 28.6 Å². The van der Waals surface area contributed by atoms with E-state index in [1.165, 1.54) is 4.90 Å². The highest BCUT2D eigenvalue weighted by atomic mass is 16.6. The summed E-state index contributed by atoms with van der Waals surface area (Å²) in [6, 6.07) is 8.12. The summed E-state index contributed by atoms with van der Waals surface area (Å²) in [5, 5.41) is 2.86. The quantitative estimate of drug-likeness (QED) is 0.534. The largest absolute Gasteiger partial charge is 0.458 e. The molecule has 1 aromatic carbocycles. The van der Waals surface area contributed by atoms with Crippen molar-refractivity contribution in [1.82, 2.24) is 10.2 Å². The lowest BCUT2D eigenvalue weighted by Crippen LogP contribution is -2.54. The van der Waals surface area contributed by atoms with E-state index in [0.717, 1.165) is 5.56 Å². The summed E-state index contributed by atoms with van der Waals surface area (Å²) in [5.41, 5.74) is -1.57. The monoisotopic (exact) mass is 504 g/mol. The number of amides is 2. The highest BCUT2D eigenvalue weighted by molar-refractivity contribution is 5.88. The highest BCUT2D eigenvalue weighted by Crippen LogP contribution is 2.36. The van der Waals surface area contributed by atoms with E-state index in [4.69, 9.17) is 14.2 Å². The fraction of sp³-hybridized carbons (Fsp3) is 0.679. The molecule has 8 heteroatoms. The van der Waals surface area contributed by atoms with Crippen LogP contribution in [0.4, 0.5) is 4.79 Å². The lowest BCUT2D eigenvalue weighted by molar-refractivity contribution is -0.160. The lowest BCUT2D eigenvalue weighted by atomic mass is 9.98. The van der Waals surface area contributed by atoms with Crippen LogP contribution in [-0.2, 0) is 30.2 Å². The molecular formula is C28H44N2O6. The molecule has 2 rings (SSSR count). The van der Waals surface area contributed by atoms with Crippen molar-refractivity contribution in [2.45, 2.75) is 117 Å². The van der Waals surface area contributed by atoms with E-state index < -0.39 is 53.1 Å². The number of hydrogen-bond donors (Lipinski definition) is 1. The molecule has 1 heterocycles. The predicted molar refractivity (Wildman–Crippen MR) is 138 cm³/mol. The molecular weight excluding hydrogens is 460 g/mol. The molecule has 0 saturated carbocycles. The van der Waals surface area contributed by atoms with Crippen LogP contribution in [0.1, 0.15) is 81.2 Å². The van der Waals surface area contributed by atoms with E-state index in [-0.39, 0.29) is 5.92 Å². The Morgan fingerprint density at radius 2 is 1.56 bits per heavy atom. The third-order valence-electron chi connectivity index (χ3n) is 5.53. The summed E-state index contributed by atoms with van der Waals surface area (Å²) in [6.45, 7) is 18.2. The van der Waals surface area contributed by atoms with Gasteiger partial charge in [0, 0.05) is 0 Å². The average molecular weight is 505 g/mol. The van der Waals surface area contributed by atoms with Crippen molar-refractivity contribution in [2.75, 3.05) is 0 Å². The second kappa shape index (κ2) is 11.2. The van der Waals surface area contributed by atoms with Crippen LogP contribution in [0.15, 0.2) is 30.3 Å². The normalized spacial score (nSPS) is 20.7. The van der Waals surface area contributed by atoms with Crippen LogP contribution in [0.3, 0.4) is 0 Å². The second-order valence-corrected chi connectivity index (χ2v) is 12.3. The molecule has 0 aliphatic carbocycles. The fourth-order valence-corrected chi connectivity index (χ4v) is 4.24. The molecule has 36 heavy (non-hydrogen) atoms. The van der Waals surface area contributed by atoms with E-state index in [1.54, 1.807) is 55.4 Å². The van der Waals surface area contributed by atoms with E-state index in [1.807, 2.05) is 44.2 Å². The van der Waals surface area contributed by atoms with Gasteiger partial charge in [-0.1, -0.05) is 44.2 Å². The summed E-state index contributed by atoms with van der Waals surface area (Å²) in [5.74, 6) is -0.820. The van der Waals surface area contributed by atoms with Gasteiger partial charge in [0.15, 0.2) is 6.10 Å². The van der Waals surface area contributed by atoms with Gasteiger partial charge in [0.25, 0.3) is 5.91 Å². The summed E-state index contributed by atoms with van der Waals surface area (Å²) in [6.07, 6.45) is -0.780. The molecule has 3 atom stereocenters. The molecule has 1 saturated heterocycles. The van der Waals surface area contributed by atoms with Crippen molar-refractivity contribution in [1.29, 1.82) is 0 Å². The van der Waals surface area contributed by atoms with Gasteiger partial charge in [-0.15, -0.1) is 0 Å². The zero-order valence-electron chi connectivity index (χ0n) is 23.5. The van der Waals surface area contributed by atoms with Gasteiger partial charge in [-0.3, -0.25) is 9.69 Å². The van der Waals surface area contributed by atoms with Crippen LogP contribution in [0.2, 0.25) is 0 Å². The highest BCUT2D eigenvalue weighted by Gasteiger charge is 2.54. The minimum atomic E-state index is -1.11. The van der Waals surface area contributed by atoms with E-state index >= 15 is 0 Å². The maximum Gasteiger partial charge on any atom is 0.412 e. The standard InChI is InChI=1S/C28H44N2O6/c1-18(2)16-20(24(32)35-26(3,4)5)29-23(31)22-21(17-19-14-12-11-13-15-19)30(28(9,10)34-22)25(33)36-27(6,7)8/h11-15,18,20-22H,16-17H2,1-10H3,(H,29,31)/t20-,21+,22+/m0/s1. The van der Waals surface area contributed by atoms with Crippen LogP contribution < -0.4 is 5.32 Å². The van der Waals surface area contributed by atoms with Gasteiger partial charge in [0.05, 0.1) is 6.04 Å². The summed E-state index contributed by atoms with van der Waals surface area (Å²) in [7, 11) is 0. The molecule has 8 nitrogen and oxygen atoms in total. The molecule has 1 N–H and O–H groups in total. The van der Waals surface area contributed by atoms with Gasteiger partial charge < -0.3 is 19.5 Å². The minimum Gasteiger partial charge on any atom is -0.458 e. The van der Waals surface area contributed by atoms with Crippen molar-refractivity contribution in [3.05, 3.63) is 35.9 Å². The SMILES string of the molecule is CC(C)C[C@H](NC(=O)[C@@H]1OC(C)(C)N(C(=O)OC(C)(C)C)[C@@H]1Cc1ccccc1)C(=O)OC(C)(C)C. The number of nitrogens with one attached hydrogen (secondary N) is 1. The zero-order valence-corrected chi connectivity index (χ0v) is 23.5. The number of benzene rings is 1. The number of carbonyl (C=O) groups excluding carboxylic acids is 3. The van der Waals surface area contributed by atoms with E-state index in [2.05, 4.69) is 5.32 Å². The average Bonchev–Trinajstić information content (AvgIpc) is 2.95. The Kier molecular flexibility index (Phi) is 9.21. The fourth-order valence-electron chi connectivity index (χ4n) is 4.24. The van der Waals surface area contributed by atoms with Crippen LogP contribution in [0, 0.1) is 5.92 Å². The van der Waals surface area contributed by atoms with Gasteiger partial charge >= 0.3 is 12.1 Å². The maximum absolute atomic E-state index is 13.6. The molecule has 0 radical (unpaired) electrons. The zero-order chi connectivity index (χ0) is 27.5. The van der Waals surface area contributed by atoms with Crippen molar-refractivity contribution in [3.63, 3.8) is 0 Å². The Hall–Kier alpha value is -2.61. The Bertz CT molecular complexity index is 914. The molecule has 0 spiro atoms. The predicted octanol–water partition coefficient (Wildman–Crippen LogP) is 4.84. The first kappa shape index (κ1) is 29.6. The number of hydrogen-bond acceptors (Lipinski definition) is 6. The van der Waals surface area contributed by atoms with Gasteiger partial charge in [0.2, 0.25) is 0 Å². The number of esters is 1. The Morgan fingerprint density at radius 1 is 1.00 bits per heavy atom. The first-order chi connectivity index (χ1) is 16.4. The molecule has 0 aromatic heterocycles. The molecule has 0 bridgehead atoms. The lowest BCUT2D eigenvalue weighted by Gasteiger charge is -2.35. The molecule has 1 aliphatic rings. The van der Waals surface area contributed by atoms with Crippen LogP contribution >= 0.6 is 0 Å². The smallest absolute Gasteiger partial charge is 0.412 e. The Labute approximate surface area is 216 Å². The number of ether oxygens (including phenoxy) is 3. The van der Waals surface area contributed by atoms with Gasteiger partial charge in [-0.2, -0.15) is 0 Å². The third kappa shape index (κ3) is 8.50. The number of carbonyl (C=O) groups is 3. The topological polar surface area (TPSA) is 94.2 Å². The summed E-state index contributed by atoms with van der Waals surface area (Å²) in [4.78, 5) is 41.3. The van der Waals surface area contributed by atoms with Crippen molar-refractivity contribution >= 4 is 18.0 Å². The molecule has 1 fully saturated rings. The first-order valence-corrected chi connectivity index (χ1v) is 12.7.